The van der Waals surface area contributed by atoms with Crippen LogP contribution in [0.3, 0.4) is 0 Å². The van der Waals surface area contributed by atoms with Gasteiger partial charge < -0.3 is 8.98 Å². The zero-order valence-electron chi connectivity index (χ0n) is 19.5. The molecular weight excluding hydrogens is 468 g/mol. The van der Waals surface area contributed by atoms with Crippen molar-refractivity contribution in [3.05, 3.63) is 124 Å². The Labute approximate surface area is 210 Å². The first-order chi connectivity index (χ1) is 18.1. The van der Waals surface area contributed by atoms with Gasteiger partial charge >= 0.3 is 5.91 Å². The van der Waals surface area contributed by atoms with Crippen LogP contribution in [0.2, 0.25) is 0 Å². The van der Waals surface area contributed by atoms with Crippen molar-refractivity contribution < 1.29 is 14.1 Å². The maximum atomic E-state index is 12.8. The van der Waals surface area contributed by atoms with E-state index < -0.39 is 10.8 Å². The normalized spacial score (nSPS) is 11.6. The number of furan rings is 1. The molecule has 180 valence electrons. The highest BCUT2D eigenvalue weighted by Gasteiger charge is 2.14. The van der Waals surface area contributed by atoms with E-state index in [2.05, 4.69) is 10.5 Å². The number of hydrogen-bond acceptors (Lipinski definition) is 5. The van der Waals surface area contributed by atoms with Crippen molar-refractivity contribution in [2.24, 2.45) is 5.10 Å². The van der Waals surface area contributed by atoms with Crippen molar-refractivity contribution in [1.82, 2.24) is 9.99 Å². The highest BCUT2D eigenvalue weighted by Crippen LogP contribution is 2.28. The lowest BCUT2D eigenvalue weighted by Gasteiger charge is -2.05. The number of non-ortho nitro benzene ring substituents is 1. The Kier molecular flexibility index (Phi) is 5.46. The van der Waals surface area contributed by atoms with Crippen molar-refractivity contribution in [2.75, 3.05) is 0 Å². The Morgan fingerprint density at radius 2 is 1.70 bits per heavy atom. The number of rotatable bonds is 6. The van der Waals surface area contributed by atoms with Crippen LogP contribution in [-0.2, 0) is 6.54 Å². The molecule has 2 aromatic heterocycles. The fraction of sp³-hybridized carbons (Fsp3) is 0.0345. The molecule has 2 heterocycles. The van der Waals surface area contributed by atoms with E-state index in [1.54, 1.807) is 24.4 Å². The molecule has 0 aliphatic heterocycles. The fourth-order valence-corrected chi connectivity index (χ4v) is 4.55. The predicted molar refractivity (Wildman–Crippen MR) is 143 cm³/mol. The number of hydrogen-bond donors (Lipinski definition) is 1. The number of amides is 1. The molecule has 1 N–H and O–H groups in total. The number of carbonyl (C=O) groups excluding carboxylic acids is 1. The molecule has 0 aliphatic carbocycles. The smallest absolute Gasteiger partial charge is 0.307 e. The molecular formula is C29H20N4O4. The van der Waals surface area contributed by atoms with E-state index in [9.17, 15) is 14.9 Å². The molecule has 4 aromatic carbocycles. The molecule has 1 amide bonds. The summed E-state index contributed by atoms with van der Waals surface area (Å²) in [4.78, 5) is 23.3. The van der Waals surface area contributed by atoms with E-state index in [1.807, 2.05) is 71.4 Å². The first-order valence-electron chi connectivity index (χ1n) is 11.6. The van der Waals surface area contributed by atoms with E-state index in [1.165, 1.54) is 12.1 Å². The molecule has 0 atom stereocenters. The lowest BCUT2D eigenvalue weighted by Crippen LogP contribution is -2.16. The Morgan fingerprint density at radius 3 is 2.51 bits per heavy atom. The van der Waals surface area contributed by atoms with Gasteiger partial charge in [0.25, 0.3) is 5.69 Å². The summed E-state index contributed by atoms with van der Waals surface area (Å²) >= 11 is 0. The van der Waals surface area contributed by atoms with E-state index in [-0.39, 0.29) is 11.4 Å². The number of nitro groups is 1. The van der Waals surface area contributed by atoms with Crippen LogP contribution < -0.4 is 5.43 Å². The second-order valence-corrected chi connectivity index (χ2v) is 8.66. The van der Waals surface area contributed by atoms with Crippen molar-refractivity contribution in [3.8, 4) is 0 Å². The van der Waals surface area contributed by atoms with E-state index in [0.717, 1.165) is 38.2 Å². The van der Waals surface area contributed by atoms with Gasteiger partial charge in [-0.15, -0.1) is 0 Å². The molecule has 8 nitrogen and oxygen atoms in total. The average Bonchev–Trinajstić information content (AvgIpc) is 3.51. The van der Waals surface area contributed by atoms with Crippen molar-refractivity contribution >= 4 is 50.5 Å². The zero-order valence-corrected chi connectivity index (χ0v) is 19.5. The van der Waals surface area contributed by atoms with Crippen LogP contribution in [0.5, 0.6) is 0 Å². The van der Waals surface area contributed by atoms with Crippen molar-refractivity contribution in [1.29, 1.82) is 0 Å². The van der Waals surface area contributed by atoms with Gasteiger partial charge in [0.15, 0.2) is 5.76 Å². The Hall–Kier alpha value is -5.24. The first kappa shape index (κ1) is 22.2. The van der Waals surface area contributed by atoms with E-state index >= 15 is 0 Å². The number of carbonyl (C=O) groups is 1. The summed E-state index contributed by atoms with van der Waals surface area (Å²) in [5.74, 6) is -0.254. The molecule has 0 unspecified atom stereocenters. The molecule has 0 fully saturated rings. The van der Waals surface area contributed by atoms with Crippen LogP contribution in [-0.4, -0.2) is 21.6 Å². The monoisotopic (exact) mass is 488 g/mol. The summed E-state index contributed by atoms with van der Waals surface area (Å²) in [6.45, 7) is 0.533. The molecule has 37 heavy (non-hydrogen) atoms. The Bertz CT molecular complexity index is 1830. The number of fused-ring (bicyclic) bond motifs is 4. The molecule has 0 spiro atoms. The topological polar surface area (TPSA) is 103 Å². The quantitative estimate of drug-likeness (QED) is 0.170. The van der Waals surface area contributed by atoms with E-state index in [0.29, 0.717) is 12.1 Å². The van der Waals surface area contributed by atoms with Gasteiger partial charge in [0.1, 0.15) is 5.58 Å². The summed E-state index contributed by atoms with van der Waals surface area (Å²) in [7, 11) is 0. The van der Waals surface area contributed by atoms with Gasteiger partial charge in [0.2, 0.25) is 0 Å². The summed E-state index contributed by atoms with van der Waals surface area (Å²) in [5, 5.41) is 19.1. The Balaban J connectivity index is 1.23. The third-order valence-electron chi connectivity index (χ3n) is 6.34. The van der Waals surface area contributed by atoms with E-state index in [4.69, 9.17) is 4.42 Å². The van der Waals surface area contributed by atoms with Crippen LogP contribution in [0.25, 0.3) is 32.6 Å². The van der Waals surface area contributed by atoms with Gasteiger partial charge in [0, 0.05) is 46.7 Å². The Morgan fingerprint density at radius 1 is 0.946 bits per heavy atom. The summed E-state index contributed by atoms with van der Waals surface area (Å²) in [6, 6.07) is 27.9. The minimum atomic E-state index is -0.439. The number of nitrogens with one attached hydrogen (secondary N) is 1. The first-order valence-corrected chi connectivity index (χ1v) is 11.6. The predicted octanol–water partition coefficient (Wildman–Crippen LogP) is 6.26. The second-order valence-electron chi connectivity index (χ2n) is 8.66. The minimum Gasteiger partial charge on any atom is -0.451 e. The van der Waals surface area contributed by atoms with Gasteiger partial charge in [-0.3, -0.25) is 14.9 Å². The van der Waals surface area contributed by atoms with Crippen LogP contribution in [0, 0.1) is 10.1 Å². The molecule has 8 heteroatoms. The third-order valence-corrected chi connectivity index (χ3v) is 6.34. The summed E-state index contributed by atoms with van der Waals surface area (Å²) in [5.41, 5.74) is 6.00. The number of nitrogens with zero attached hydrogens (tertiary/aromatic N) is 3. The summed E-state index contributed by atoms with van der Waals surface area (Å²) < 4.78 is 7.82. The molecule has 0 saturated heterocycles. The van der Waals surface area contributed by atoms with Crippen LogP contribution in [0.15, 0.2) is 107 Å². The lowest BCUT2D eigenvalue weighted by atomic mass is 10.1. The minimum absolute atomic E-state index is 0.0577. The van der Waals surface area contributed by atoms with Gasteiger partial charge in [-0.25, -0.2) is 5.43 Å². The van der Waals surface area contributed by atoms with Crippen LogP contribution >= 0.6 is 0 Å². The molecule has 6 aromatic rings. The maximum absolute atomic E-state index is 12.8. The zero-order chi connectivity index (χ0) is 25.4. The largest absolute Gasteiger partial charge is 0.451 e. The fourth-order valence-electron chi connectivity index (χ4n) is 4.55. The standard InChI is InChI=1S/C29H20N4O4/c34-29(28-15-25-23-6-2-1-5-20(23)11-14-27(25)37-28)31-30-16-21-18-32(26-8-4-3-7-24(21)26)17-19-9-12-22(13-10-19)33(35)36/h1-16,18H,17H2,(H,31,34)/b30-16+. The van der Waals surface area contributed by atoms with Crippen LogP contribution in [0.4, 0.5) is 5.69 Å². The number of nitro benzene ring substituents is 1. The molecule has 0 radical (unpaired) electrons. The second kappa shape index (κ2) is 9.09. The maximum Gasteiger partial charge on any atom is 0.307 e. The number of benzene rings is 4. The van der Waals surface area contributed by atoms with Crippen molar-refractivity contribution in [3.63, 3.8) is 0 Å². The molecule has 0 saturated carbocycles. The highest BCUT2D eigenvalue weighted by atomic mass is 16.6. The highest BCUT2D eigenvalue weighted by molar-refractivity contribution is 6.08. The van der Waals surface area contributed by atoms with Gasteiger partial charge in [-0.2, -0.15) is 5.10 Å². The summed E-state index contributed by atoms with van der Waals surface area (Å²) in [6.07, 6.45) is 3.54. The molecule has 0 bridgehead atoms. The SMILES string of the molecule is O=C(N/N=C/c1cn(Cc2ccc([N+](=O)[O-])cc2)c2ccccc12)c1cc2c(ccc3ccccc32)o1. The third kappa shape index (κ3) is 4.21. The number of hydrazone groups is 1. The van der Waals surface area contributed by atoms with Gasteiger partial charge in [-0.1, -0.05) is 60.7 Å². The van der Waals surface area contributed by atoms with Crippen molar-refractivity contribution in [2.45, 2.75) is 6.54 Å². The number of aromatic nitrogens is 1. The van der Waals surface area contributed by atoms with Gasteiger partial charge in [-0.05, 0) is 34.5 Å². The van der Waals surface area contributed by atoms with Crippen LogP contribution in [0.1, 0.15) is 21.7 Å². The average molecular weight is 489 g/mol. The lowest BCUT2D eigenvalue weighted by molar-refractivity contribution is -0.384. The molecule has 0 aliphatic rings. The van der Waals surface area contributed by atoms with Gasteiger partial charge in [0.05, 0.1) is 11.1 Å². The molecule has 6 rings (SSSR count). The number of para-hydroxylation sites is 1.